The molecular weight excluding hydrogens is 921 g/mol. The molecule has 0 saturated carbocycles. The maximum Gasteiger partial charge on any atom is 0.407 e. The van der Waals surface area contributed by atoms with Crippen LogP contribution in [0.1, 0.15) is 137 Å². The highest BCUT2D eigenvalue weighted by molar-refractivity contribution is 5.88. The zero-order valence-corrected chi connectivity index (χ0v) is 43.0. The number of aromatic nitrogens is 4. The molecule has 73 heavy (non-hydrogen) atoms. The number of alkyl carbamates (subject to hydrolysis) is 2. The molecule has 16 nitrogen and oxygen atoms in total. The van der Waals surface area contributed by atoms with Gasteiger partial charge in [-0.2, -0.15) is 0 Å². The predicted molar refractivity (Wildman–Crippen MR) is 282 cm³/mol. The van der Waals surface area contributed by atoms with Crippen molar-refractivity contribution in [3.05, 3.63) is 119 Å². The number of hydrogen-bond donors (Lipinski definition) is 4. The molecule has 0 bridgehead atoms. The molecular formula is C57H70N10O6. The van der Waals surface area contributed by atoms with E-state index in [9.17, 15) is 19.2 Å². The second kappa shape index (κ2) is 21.2. The Morgan fingerprint density at radius 2 is 1.01 bits per heavy atom. The summed E-state index contributed by atoms with van der Waals surface area (Å²) in [6, 6.07) is 31.3. The minimum absolute atomic E-state index is 0.0405. The van der Waals surface area contributed by atoms with Gasteiger partial charge in [0.05, 0.1) is 60.5 Å². The summed E-state index contributed by atoms with van der Waals surface area (Å²) in [6.45, 7) is 10.9. The van der Waals surface area contributed by atoms with Gasteiger partial charge in [0, 0.05) is 37.6 Å². The van der Waals surface area contributed by atoms with Gasteiger partial charge in [0.15, 0.2) is 0 Å². The largest absolute Gasteiger partial charge is 0.453 e. The fraction of sp³-hybridized carbons (Fsp3) is 0.474. The van der Waals surface area contributed by atoms with Crippen molar-refractivity contribution < 1.29 is 28.7 Å². The van der Waals surface area contributed by atoms with Gasteiger partial charge in [0.25, 0.3) is 0 Å². The van der Waals surface area contributed by atoms with Crippen LogP contribution in [0.25, 0.3) is 22.1 Å². The zero-order valence-electron chi connectivity index (χ0n) is 43.0. The van der Waals surface area contributed by atoms with E-state index in [1.54, 1.807) is 0 Å². The molecule has 4 saturated heterocycles. The van der Waals surface area contributed by atoms with Gasteiger partial charge in [-0.15, -0.1) is 0 Å². The number of hydrogen-bond acceptors (Lipinski definition) is 10. The van der Waals surface area contributed by atoms with Crippen molar-refractivity contribution in [2.75, 3.05) is 50.2 Å². The average Bonchev–Trinajstić information content (AvgIpc) is 4.28. The Balaban J connectivity index is 0.937. The maximum atomic E-state index is 14.0. The number of rotatable bonds is 13. The topological polar surface area (TPSA) is 181 Å². The van der Waals surface area contributed by atoms with E-state index in [1.807, 2.05) is 37.5 Å². The van der Waals surface area contributed by atoms with E-state index in [2.05, 4.69) is 121 Å². The van der Waals surface area contributed by atoms with Gasteiger partial charge >= 0.3 is 12.2 Å². The summed E-state index contributed by atoms with van der Waals surface area (Å²) in [4.78, 5) is 78.7. The first-order valence-corrected chi connectivity index (χ1v) is 26.4. The number of benzene rings is 4. The van der Waals surface area contributed by atoms with E-state index in [-0.39, 0.29) is 47.8 Å². The minimum atomic E-state index is -0.712. The lowest BCUT2D eigenvalue weighted by Gasteiger charge is -2.35. The molecule has 4 aliphatic rings. The van der Waals surface area contributed by atoms with Gasteiger partial charge in [0.1, 0.15) is 23.7 Å². The number of nitrogens with zero attached hydrogens (tertiary/aromatic N) is 6. The third kappa shape index (κ3) is 10.0. The number of ether oxygens (including phenoxy) is 2. The fourth-order valence-corrected chi connectivity index (χ4v) is 12.1. The van der Waals surface area contributed by atoms with Crippen LogP contribution in [0.15, 0.2) is 91.0 Å². The van der Waals surface area contributed by atoms with E-state index in [0.717, 1.165) is 115 Å². The summed E-state index contributed by atoms with van der Waals surface area (Å²) >= 11 is 0. The van der Waals surface area contributed by atoms with Crippen LogP contribution in [0.5, 0.6) is 0 Å². The summed E-state index contributed by atoms with van der Waals surface area (Å²) < 4.78 is 9.72. The summed E-state index contributed by atoms with van der Waals surface area (Å²) in [5.74, 6) is 1.55. The van der Waals surface area contributed by atoms with Crippen molar-refractivity contribution in [3.63, 3.8) is 0 Å². The molecule has 4 amide bonds. The summed E-state index contributed by atoms with van der Waals surface area (Å²) in [6.07, 6.45) is 6.04. The van der Waals surface area contributed by atoms with Crippen molar-refractivity contribution in [1.29, 1.82) is 0 Å². The SMILES string of the molecule is COC(=O)N[C@H](C(=O)N1CCC[C@H]1c1nc2cc([C@H]3CC[C@H](c4ccc5[nH]c([C@@H]6CCCN6C(=O)[C@@H](NC(=O)OC)C(C)C)nc5c4)N3c3ccc(N4CCC(c5ccccc5)CC4)cc3)ccc2[nH]1)C(C)C. The number of methoxy groups -OCH3 is 2. The standard InChI is InChI=1S/C57H70N10O6/c1-34(2)50(62-56(70)72-5)54(68)65-28-10-14-48(65)52-58-42-22-16-38(32-44(42)60-52)46-24-25-47(67(46)41-20-18-40(19-21-41)64-30-26-37(27-31-64)36-12-8-7-9-13-36)39-17-23-43-45(33-39)61-53(59-43)49-15-11-29-66(49)55(69)51(35(3)4)63-57(71)73-6/h7-9,12-13,16-23,32-35,37,46-51H,10-11,14-15,24-31H2,1-6H3,(H,58,60)(H,59,61)(H,62,70)(H,63,71)/t46-,47-,48+,49+,50+,51+/m1/s1. The first kappa shape index (κ1) is 49.5. The summed E-state index contributed by atoms with van der Waals surface area (Å²) in [5.41, 5.74) is 9.66. The lowest BCUT2D eigenvalue weighted by Crippen LogP contribution is -2.51. The Bertz CT molecular complexity index is 2780. The average molecular weight is 991 g/mol. The highest BCUT2D eigenvalue weighted by atomic mass is 16.5. The highest BCUT2D eigenvalue weighted by Crippen LogP contribution is 2.48. The third-order valence-electron chi connectivity index (χ3n) is 16.0. The Kier molecular flexibility index (Phi) is 14.3. The first-order valence-electron chi connectivity index (χ1n) is 26.4. The van der Waals surface area contributed by atoms with Gasteiger partial charge in [0.2, 0.25) is 11.8 Å². The van der Waals surface area contributed by atoms with Gasteiger partial charge in [-0.25, -0.2) is 19.6 Å². The number of nitrogens with one attached hydrogen (secondary N) is 4. The molecule has 0 aliphatic carbocycles. The number of aromatic amines is 2. The summed E-state index contributed by atoms with van der Waals surface area (Å²) in [7, 11) is 2.61. The van der Waals surface area contributed by atoms with E-state index in [4.69, 9.17) is 19.4 Å². The van der Waals surface area contributed by atoms with Gasteiger partial charge in [-0.3, -0.25) is 9.59 Å². The minimum Gasteiger partial charge on any atom is -0.453 e. The van der Waals surface area contributed by atoms with Crippen LogP contribution in [0.3, 0.4) is 0 Å². The number of carbonyl (C=O) groups is 4. The molecule has 384 valence electrons. The van der Waals surface area contributed by atoms with Crippen LogP contribution in [0, 0.1) is 11.8 Å². The monoisotopic (exact) mass is 991 g/mol. The van der Waals surface area contributed by atoms with Crippen molar-refractivity contribution >= 4 is 57.4 Å². The van der Waals surface area contributed by atoms with Crippen LogP contribution in [-0.4, -0.2) is 106 Å². The molecule has 0 spiro atoms. The zero-order chi connectivity index (χ0) is 50.9. The molecule has 4 aliphatic heterocycles. The number of H-pyrrole nitrogens is 2. The number of fused-ring (bicyclic) bond motifs is 2. The van der Waals surface area contributed by atoms with Crippen LogP contribution >= 0.6 is 0 Å². The van der Waals surface area contributed by atoms with E-state index >= 15 is 0 Å². The number of piperidine rings is 1. The molecule has 4 N–H and O–H groups in total. The van der Waals surface area contributed by atoms with Crippen LogP contribution in [0.4, 0.5) is 21.0 Å². The van der Waals surface area contributed by atoms with Gasteiger partial charge in [-0.1, -0.05) is 70.2 Å². The number of carbonyl (C=O) groups excluding carboxylic acids is 4. The second-order valence-corrected chi connectivity index (χ2v) is 21.1. The molecule has 4 aromatic carbocycles. The van der Waals surface area contributed by atoms with Crippen molar-refractivity contribution in [3.8, 4) is 0 Å². The Morgan fingerprint density at radius 1 is 0.548 bits per heavy atom. The van der Waals surface area contributed by atoms with Crippen LogP contribution in [0.2, 0.25) is 0 Å². The smallest absolute Gasteiger partial charge is 0.407 e. The Labute approximate surface area is 427 Å². The van der Waals surface area contributed by atoms with Crippen molar-refractivity contribution in [2.24, 2.45) is 11.8 Å². The number of likely N-dealkylation sites (tertiary alicyclic amines) is 2. The first-order chi connectivity index (χ1) is 35.4. The highest BCUT2D eigenvalue weighted by Gasteiger charge is 2.41. The van der Waals surface area contributed by atoms with Crippen LogP contribution in [-0.2, 0) is 19.1 Å². The molecule has 0 unspecified atom stereocenters. The van der Waals surface area contributed by atoms with Crippen LogP contribution < -0.4 is 20.4 Å². The number of amides is 4. The normalized spacial score (nSPS) is 21.4. The lowest BCUT2D eigenvalue weighted by molar-refractivity contribution is -0.136. The van der Waals surface area contributed by atoms with Crippen molar-refractivity contribution in [2.45, 2.75) is 121 Å². The van der Waals surface area contributed by atoms with Crippen molar-refractivity contribution in [1.82, 2.24) is 40.4 Å². The van der Waals surface area contributed by atoms with E-state index in [1.165, 1.54) is 25.5 Å². The number of imidazole rings is 2. The Morgan fingerprint density at radius 3 is 1.47 bits per heavy atom. The van der Waals surface area contributed by atoms with E-state index in [0.29, 0.717) is 19.0 Å². The second-order valence-electron chi connectivity index (χ2n) is 21.1. The van der Waals surface area contributed by atoms with Gasteiger partial charge < -0.3 is 49.7 Å². The molecule has 0 radical (unpaired) electrons. The molecule has 4 fully saturated rings. The molecule has 16 heteroatoms. The number of anilines is 2. The lowest BCUT2D eigenvalue weighted by atomic mass is 9.89. The molecule has 10 rings (SSSR count). The third-order valence-corrected chi connectivity index (χ3v) is 16.0. The molecule has 2 aromatic heterocycles. The van der Waals surface area contributed by atoms with Gasteiger partial charge in [-0.05, 0) is 134 Å². The summed E-state index contributed by atoms with van der Waals surface area (Å²) in [5, 5.41) is 5.51. The fourth-order valence-electron chi connectivity index (χ4n) is 12.1. The molecule has 6 heterocycles. The molecule has 6 atom stereocenters. The quantitative estimate of drug-likeness (QED) is 0.0870. The van der Waals surface area contributed by atoms with E-state index < -0.39 is 24.3 Å². The predicted octanol–water partition coefficient (Wildman–Crippen LogP) is 9.99. The maximum absolute atomic E-state index is 14.0. The molecule has 6 aromatic rings. The Hall–Kier alpha value is -7.10.